The van der Waals surface area contributed by atoms with Crippen LogP contribution in [0.3, 0.4) is 0 Å². The molecule has 148 valence electrons. The Morgan fingerprint density at radius 1 is 1.10 bits per heavy atom. The number of anilines is 1. The Hall–Kier alpha value is -2.76. The van der Waals surface area contributed by atoms with E-state index in [1.807, 2.05) is 44.2 Å². The van der Waals surface area contributed by atoms with Gasteiger partial charge in [-0.3, -0.25) is 0 Å². The highest BCUT2D eigenvalue weighted by atomic mass is 35.5. The van der Waals surface area contributed by atoms with Crippen molar-refractivity contribution in [2.24, 2.45) is 5.10 Å². The number of imidazole rings is 1. The van der Waals surface area contributed by atoms with E-state index >= 15 is 0 Å². The molecule has 0 aliphatic heterocycles. The number of hydrazone groups is 1. The molecule has 0 saturated heterocycles. The summed E-state index contributed by atoms with van der Waals surface area (Å²) in [5, 5.41) is 5.73. The Kier molecular flexibility index (Phi) is 5.35. The van der Waals surface area contributed by atoms with Crippen LogP contribution in [0.1, 0.15) is 23.9 Å². The molecule has 5 nitrogen and oxygen atoms in total. The van der Waals surface area contributed by atoms with Crippen molar-refractivity contribution in [2.45, 2.75) is 27.3 Å². The topological polar surface area (TPSA) is 47.1 Å². The Labute approximate surface area is 179 Å². The fourth-order valence-electron chi connectivity index (χ4n) is 3.59. The quantitative estimate of drug-likeness (QED) is 0.304. The molecule has 2 aromatic carbocycles. The third kappa shape index (κ3) is 3.63. The van der Waals surface area contributed by atoms with Crippen LogP contribution in [-0.2, 0) is 6.54 Å². The minimum atomic E-state index is 0.646. The lowest BCUT2D eigenvalue weighted by Crippen LogP contribution is -2.02. The number of nitrogens with zero attached hydrogens (tertiary/aromatic N) is 4. The highest BCUT2D eigenvalue weighted by molar-refractivity contribution is 6.34. The zero-order chi connectivity index (χ0) is 20.5. The molecule has 2 heterocycles. The SMILES string of the molecule is CCn1c(N/N=C\c2cc(C)n(-c3cc(Cl)ccc3Cl)c2C)nc2ccccc21. The van der Waals surface area contributed by atoms with Crippen LogP contribution in [0, 0.1) is 13.8 Å². The number of halogens is 2. The minimum absolute atomic E-state index is 0.646. The van der Waals surface area contributed by atoms with Gasteiger partial charge in [-0.15, -0.1) is 0 Å². The van der Waals surface area contributed by atoms with Crippen molar-refractivity contribution >= 4 is 46.4 Å². The molecule has 0 bridgehead atoms. The van der Waals surface area contributed by atoms with Crippen LogP contribution in [0.4, 0.5) is 5.95 Å². The molecule has 0 radical (unpaired) electrons. The number of benzene rings is 2. The maximum Gasteiger partial charge on any atom is 0.224 e. The summed E-state index contributed by atoms with van der Waals surface area (Å²) in [6, 6.07) is 15.6. The molecular formula is C22H21Cl2N5. The van der Waals surface area contributed by atoms with E-state index in [-0.39, 0.29) is 0 Å². The van der Waals surface area contributed by atoms with Gasteiger partial charge in [0.2, 0.25) is 5.95 Å². The number of rotatable bonds is 5. The number of aryl methyl sites for hydroxylation is 2. The molecule has 0 fully saturated rings. The summed E-state index contributed by atoms with van der Waals surface area (Å²) >= 11 is 12.6. The molecule has 0 aliphatic carbocycles. The second-order valence-electron chi connectivity index (χ2n) is 6.80. The van der Waals surface area contributed by atoms with E-state index in [0.717, 1.165) is 46.2 Å². The van der Waals surface area contributed by atoms with Gasteiger partial charge >= 0.3 is 0 Å². The first-order valence-corrected chi connectivity index (χ1v) is 10.1. The molecule has 0 unspecified atom stereocenters. The van der Waals surface area contributed by atoms with E-state index in [1.54, 1.807) is 12.3 Å². The van der Waals surface area contributed by atoms with E-state index in [0.29, 0.717) is 10.0 Å². The van der Waals surface area contributed by atoms with Gasteiger partial charge in [-0.1, -0.05) is 35.3 Å². The Bertz CT molecular complexity index is 1220. The monoisotopic (exact) mass is 425 g/mol. The van der Waals surface area contributed by atoms with E-state index in [2.05, 4.69) is 43.7 Å². The summed E-state index contributed by atoms with van der Waals surface area (Å²) in [6.45, 7) is 6.96. The van der Waals surface area contributed by atoms with Gasteiger partial charge in [-0.05, 0) is 57.2 Å². The Morgan fingerprint density at radius 3 is 2.69 bits per heavy atom. The van der Waals surface area contributed by atoms with Crippen LogP contribution in [0.5, 0.6) is 0 Å². The van der Waals surface area contributed by atoms with Crippen molar-refractivity contribution in [2.75, 3.05) is 5.43 Å². The predicted molar refractivity (Wildman–Crippen MR) is 122 cm³/mol. The first-order chi connectivity index (χ1) is 14.0. The van der Waals surface area contributed by atoms with Crippen molar-refractivity contribution in [1.29, 1.82) is 0 Å². The largest absolute Gasteiger partial charge is 0.316 e. The van der Waals surface area contributed by atoms with Crippen molar-refractivity contribution in [3.63, 3.8) is 0 Å². The van der Waals surface area contributed by atoms with Crippen LogP contribution in [0.15, 0.2) is 53.6 Å². The van der Waals surface area contributed by atoms with Gasteiger partial charge < -0.3 is 9.13 Å². The summed E-state index contributed by atoms with van der Waals surface area (Å²) < 4.78 is 4.18. The lowest BCUT2D eigenvalue weighted by Gasteiger charge is -2.12. The molecule has 2 aromatic heterocycles. The fourth-order valence-corrected chi connectivity index (χ4v) is 3.96. The highest BCUT2D eigenvalue weighted by Crippen LogP contribution is 2.28. The summed E-state index contributed by atoms with van der Waals surface area (Å²) in [5.74, 6) is 0.719. The molecule has 1 N–H and O–H groups in total. The summed E-state index contributed by atoms with van der Waals surface area (Å²) in [5.41, 5.74) is 9.04. The molecule has 0 saturated carbocycles. The van der Waals surface area contributed by atoms with Crippen molar-refractivity contribution in [1.82, 2.24) is 14.1 Å². The minimum Gasteiger partial charge on any atom is -0.316 e. The third-order valence-corrected chi connectivity index (χ3v) is 5.51. The normalized spacial score (nSPS) is 11.6. The Balaban J connectivity index is 1.64. The van der Waals surface area contributed by atoms with Gasteiger partial charge in [-0.2, -0.15) is 5.10 Å². The average Bonchev–Trinajstić information content (AvgIpc) is 3.20. The van der Waals surface area contributed by atoms with Crippen molar-refractivity contribution in [3.05, 3.63) is 75.5 Å². The number of aromatic nitrogens is 3. The first kappa shape index (κ1) is 19.6. The van der Waals surface area contributed by atoms with Gasteiger partial charge in [0, 0.05) is 28.5 Å². The molecular weight excluding hydrogens is 405 g/mol. The predicted octanol–water partition coefficient (Wildman–Crippen LogP) is 6.22. The second kappa shape index (κ2) is 7.93. The molecule has 0 aliphatic rings. The molecule has 0 atom stereocenters. The fraction of sp³-hybridized carbons (Fsp3) is 0.182. The summed E-state index contributed by atoms with van der Waals surface area (Å²) in [7, 11) is 0. The maximum atomic E-state index is 6.40. The average molecular weight is 426 g/mol. The lowest BCUT2D eigenvalue weighted by molar-refractivity contribution is 0.791. The standard InChI is InChI=1S/C22H21Cl2N5/c1-4-28-20-8-6-5-7-19(20)26-22(28)27-25-13-16-11-14(2)29(15(16)3)21-12-17(23)9-10-18(21)24/h5-13H,4H2,1-3H3,(H,26,27)/b25-13-. The highest BCUT2D eigenvalue weighted by Gasteiger charge is 2.13. The number of hydrogen-bond acceptors (Lipinski definition) is 3. The zero-order valence-electron chi connectivity index (χ0n) is 16.4. The van der Waals surface area contributed by atoms with Crippen LogP contribution in [0.25, 0.3) is 16.7 Å². The van der Waals surface area contributed by atoms with Gasteiger partial charge in [0.25, 0.3) is 0 Å². The van der Waals surface area contributed by atoms with Crippen LogP contribution < -0.4 is 5.43 Å². The zero-order valence-corrected chi connectivity index (χ0v) is 18.0. The van der Waals surface area contributed by atoms with Crippen molar-refractivity contribution in [3.8, 4) is 5.69 Å². The molecule has 0 spiro atoms. The van der Waals surface area contributed by atoms with Gasteiger partial charge in [-0.25, -0.2) is 10.4 Å². The number of nitrogens with one attached hydrogen (secondary N) is 1. The molecule has 0 amide bonds. The number of hydrogen-bond donors (Lipinski definition) is 1. The van der Waals surface area contributed by atoms with E-state index < -0.39 is 0 Å². The smallest absolute Gasteiger partial charge is 0.224 e. The molecule has 29 heavy (non-hydrogen) atoms. The Morgan fingerprint density at radius 2 is 1.90 bits per heavy atom. The first-order valence-electron chi connectivity index (χ1n) is 9.38. The van der Waals surface area contributed by atoms with Gasteiger partial charge in [0.05, 0.1) is 28.0 Å². The number of para-hydroxylation sites is 2. The lowest BCUT2D eigenvalue weighted by atomic mass is 10.2. The third-order valence-electron chi connectivity index (χ3n) is 4.96. The molecule has 4 rings (SSSR count). The summed E-state index contributed by atoms with van der Waals surface area (Å²) in [6.07, 6.45) is 1.80. The van der Waals surface area contributed by atoms with E-state index in [1.165, 1.54) is 0 Å². The summed E-state index contributed by atoms with van der Waals surface area (Å²) in [4.78, 5) is 4.63. The number of fused-ring (bicyclic) bond motifs is 1. The van der Waals surface area contributed by atoms with E-state index in [4.69, 9.17) is 23.2 Å². The van der Waals surface area contributed by atoms with Crippen molar-refractivity contribution < 1.29 is 0 Å². The van der Waals surface area contributed by atoms with E-state index in [9.17, 15) is 0 Å². The van der Waals surface area contributed by atoms with Crippen LogP contribution in [-0.4, -0.2) is 20.3 Å². The molecule has 4 aromatic rings. The van der Waals surface area contributed by atoms with Crippen LogP contribution >= 0.6 is 23.2 Å². The van der Waals surface area contributed by atoms with Gasteiger partial charge in [0.15, 0.2) is 0 Å². The second-order valence-corrected chi connectivity index (χ2v) is 7.64. The molecule has 7 heteroatoms. The van der Waals surface area contributed by atoms with Crippen LogP contribution in [0.2, 0.25) is 10.0 Å². The maximum absolute atomic E-state index is 6.40. The van der Waals surface area contributed by atoms with Gasteiger partial charge in [0.1, 0.15) is 0 Å².